The van der Waals surface area contributed by atoms with Crippen LogP contribution < -0.4 is 0 Å². The van der Waals surface area contributed by atoms with Gasteiger partial charge in [-0.1, -0.05) is 79.7 Å². The van der Waals surface area contributed by atoms with Crippen molar-refractivity contribution >= 4 is 0 Å². The number of aromatic nitrogens is 2. The van der Waals surface area contributed by atoms with Crippen LogP contribution >= 0.6 is 0 Å². The molecule has 1 aromatic carbocycles. The molecule has 0 aliphatic rings. The molecule has 0 radical (unpaired) electrons. The number of nitrogens with zero attached hydrogens (tertiary/aromatic N) is 2. The maximum absolute atomic E-state index is 4.34. The van der Waals surface area contributed by atoms with Crippen molar-refractivity contribution in [3.8, 4) is 0 Å². The largest absolute Gasteiger partial charge is 0.258 e. The Labute approximate surface area is 148 Å². The lowest BCUT2D eigenvalue weighted by atomic mass is 9.97. The first-order valence-corrected chi connectivity index (χ1v) is 9.14. The summed E-state index contributed by atoms with van der Waals surface area (Å²) in [6.07, 6.45) is 3.75. The number of hydrogen-bond acceptors (Lipinski definition) is 2. The maximum Gasteiger partial charge on any atom is 0.0612 e. The van der Waals surface area contributed by atoms with Crippen LogP contribution in [0.3, 0.4) is 0 Å². The molecule has 2 heteroatoms. The molecule has 2 aromatic rings. The van der Waals surface area contributed by atoms with Crippen molar-refractivity contribution in [3.63, 3.8) is 0 Å². The SMILES string of the molecule is CC(C)c1ccc(C(C)C)cc1.CC(C)c1cnc(C(C)C)cn1. The molecule has 1 aromatic heterocycles. The van der Waals surface area contributed by atoms with Gasteiger partial charge in [0.2, 0.25) is 0 Å². The van der Waals surface area contributed by atoms with Crippen molar-refractivity contribution in [1.82, 2.24) is 9.97 Å². The normalized spacial score (nSPS) is 11.2. The molecule has 2 nitrogen and oxygen atoms in total. The van der Waals surface area contributed by atoms with Crippen molar-refractivity contribution in [1.29, 1.82) is 0 Å². The van der Waals surface area contributed by atoms with E-state index in [1.54, 1.807) is 0 Å². The molecule has 1 heterocycles. The fourth-order valence-electron chi connectivity index (χ4n) is 2.21. The fourth-order valence-corrected chi connectivity index (χ4v) is 2.21. The Bertz CT molecular complexity index is 469. The maximum atomic E-state index is 4.34. The average molecular weight is 327 g/mol. The minimum absolute atomic E-state index is 0.471. The van der Waals surface area contributed by atoms with Gasteiger partial charge in [-0.05, 0) is 34.8 Å². The molecule has 0 unspecified atom stereocenters. The molecule has 0 saturated heterocycles. The fraction of sp³-hybridized carbons (Fsp3) is 0.545. The molecule has 2 rings (SSSR count). The van der Waals surface area contributed by atoms with E-state index in [9.17, 15) is 0 Å². The summed E-state index contributed by atoms with van der Waals surface area (Å²) in [7, 11) is 0. The highest BCUT2D eigenvalue weighted by atomic mass is 14.8. The summed E-state index contributed by atoms with van der Waals surface area (Å²) < 4.78 is 0. The molecule has 0 saturated carbocycles. The van der Waals surface area contributed by atoms with Crippen molar-refractivity contribution < 1.29 is 0 Å². The van der Waals surface area contributed by atoms with Crippen molar-refractivity contribution in [2.24, 2.45) is 0 Å². The first-order valence-electron chi connectivity index (χ1n) is 9.14. The van der Waals surface area contributed by atoms with Crippen LogP contribution in [0.15, 0.2) is 36.7 Å². The van der Waals surface area contributed by atoms with Gasteiger partial charge in [-0.3, -0.25) is 9.97 Å². The van der Waals surface area contributed by atoms with Crippen molar-refractivity contribution in [3.05, 3.63) is 59.2 Å². The summed E-state index contributed by atoms with van der Waals surface area (Å²) in [6.45, 7) is 17.4. The van der Waals surface area contributed by atoms with Gasteiger partial charge in [0.25, 0.3) is 0 Å². The van der Waals surface area contributed by atoms with Crippen LogP contribution in [0.4, 0.5) is 0 Å². The molecule has 0 aliphatic heterocycles. The Morgan fingerprint density at radius 3 is 0.958 bits per heavy atom. The van der Waals surface area contributed by atoms with Gasteiger partial charge < -0.3 is 0 Å². The van der Waals surface area contributed by atoms with E-state index in [0.29, 0.717) is 23.7 Å². The first kappa shape index (κ1) is 20.3. The molecule has 0 amide bonds. The summed E-state index contributed by atoms with van der Waals surface area (Å²) in [5.41, 5.74) is 5.00. The Balaban J connectivity index is 0.000000240. The van der Waals surface area contributed by atoms with E-state index in [4.69, 9.17) is 0 Å². The Morgan fingerprint density at radius 2 is 0.792 bits per heavy atom. The third-order valence-electron chi connectivity index (χ3n) is 4.14. The zero-order valence-electron chi connectivity index (χ0n) is 16.7. The Morgan fingerprint density at radius 1 is 0.500 bits per heavy atom. The number of benzene rings is 1. The number of rotatable bonds is 4. The zero-order valence-corrected chi connectivity index (χ0v) is 16.7. The topological polar surface area (TPSA) is 25.8 Å². The highest BCUT2D eigenvalue weighted by Gasteiger charge is 2.03. The van der Waals surface area contributed by atoms with E-state index in [2.05, 4.69) is 89.6 Å². The van der Waals surface area contributed by atoms with Gasteiger partial charge in [-0.15, -0.1) is 0 Å². The van der Waals surface area contributed by atoms with Gasteiger partial charge in [0.05, 0.1) is 11.4 Å². The zero-order chi connectivity index (χ0) is 18.3. The minimum Gasteiger partial charge on any atom is -0.258 e. The van der Waals surface area contributed by atoms with Gasteiger partial charge >= 0.3 is 0 Å². The van der Waals surface area contributed by atoms with Gasteiger partial charge in [0, 0.05) is 12.4 Å². The lowest BCUT2D eigenvalue weighted by molar-refractivity contribution is 0.767. The van der Waals surface area contributed by atoms with Crippen LogP contribution in [0.1, 0.15) is 102 Å². The quantitative estimate of drug-likeness (QED) is 0.628. The second kappa shape index (κ2) is 9.56. The molecule has 0 spiro atoms. The molecule has 0 N–H and O–H groups in total. The second-order valence-corrected chi connectivity index (χ2v) is 7.65. The minimum atomic E-state index is 0.471. The van der Waals surface area contributed by atoms with Crippen LogP contribution in [0.5, 0.6) is 0 Å². The van der Waals surface area contributed by atoms with E-state index in [0.717, 1.165) is 11.4 Å². The molecule has 0 fully saturated rings. The number of hydrogen-bond donors (Lipinski definition) is 0. The third-order valence-corrected chi connectivity index (χ3v) is 4.14. The lowest BCUT2D eigenvalue weighted by Gasteiger charge is -2.08. The third kappa shape index (κ3) is 6.43. The summed E-state index contributed by atoms with van der Waals surface area (Å²) in [4.78, 5) is 8.67. The van der Waals surface area contributed by atoms with Crippen LogP contribution in [-0.4, -0.2) is 9.97 Å². The first-order chi connectivity index (χ1) is 11.2. The van der Waals surface area contributed by atoms with Gasteiger partial charge in [0.1, 0.15) is 0 Å². The van der Waals surface area contributed by atoms with E-state index >= 15 is 0 Å². The standard InChI is InChI=1S/C12H18.C10H16N2/c1-9(2)11-5-7-12(8-6-11)10(3)4;1-7(2)9-5-12-10(6-11-9)8(3)4/h5-10H,1-4H3;5-8H,1-4H3. The average Bonchev–Trinajstić information content (AvgIpc) is 2.55. The summed E-state index contributed by atoms with van der Waals surface area (Å²) in [5, 5.41) is 0. The highest BCUT2D eigenvalue weighted by Crippen LogP contribution is 2.19. The Hall–Kier alpha value is -1.70. The van der Waals surface area contributed by atoms with E-state index in [1.807, 2.05) is 12.4 Å². The van der Waals surface area contributed by atoms with Crippen LogP contribution in [0, 0.1) is 0 Å². The van der Waals surface area contributed by atoms with Crippen LogP contribution in [0.2, 0.25) is 0 Å². The predicted molar refractivity (Wildman–Crippen MR) is 105 cm³/mol. The van der Waals surface area contributed by atoms with E-state index in [1.165, 1.54) is 11.1 Å². The van der Waals surface area contributed by atoms with Gasteiger partial charge in [-0.2, -0.15) is 0 Å². The molecule has 24 heavy (non-hydrogen) atoms. The van der Waals surface area contributed by atoms with Crippen molar-refractivity contribution in [2.75, 3.05) is 0 Å². The highest BCUT2D eigenvalue weighted by molar-refractivity contribution is 5.26. The molecular weight excluding hydrogens is 292 g/mol. The van der Waals surface area contributed by atoms with Crippen LogP contribution in [0.25, 0.3) is 0 Å². The lowest BCUT2D eigenvalue weighted by Crippen LogP contribution is -1.98. The molecule has 132 valence electrons. The Kier molecular flexibility index (Phi) is 8.10. The monoisotopic (exact) mass is 326 g/mol. The van der Waals surface area contributed by atoms with Crippen LogP contribution in [-0.2, 0) is 0 Å². The molecule has 0 bridgehead atoms. The molecule has 0 atom stereocenters. The smallest absolute Gasteiger partial charge is 0.0612 e. The summed E-state index contributed by atoms with van der Waals surface area (Å²) in [5.74, 6) is 2.23. The van der Waals surface area contributed by atoms with Gasteiger partial charge in [-0.25, -0.2) is 0 Å². The van der Waals surface area contributed by atoms with E-state index in [-0.39, 0.29) is 0 Å². The van der Waals surface area contributed by atoms with Crippen molar-refractivity contribution in [2.45, 2.75) is 79.1 Å². The molecular formula is C22H34N2. The van der Waals surface area contributed by atoms with E-state index < -0.39 is 0 Å². The van der Waals surface area contributed by atoms with Gasteiger partial charge in [0.15, 0.2) is 0 Å². The summed E-state index contributed by atoms with van der Waals surface area (Å²) in [6, 6.07) is 8.94. The predicted octanol–water partition coefficient (Wildman–Crippen LogP) is 6.66. The molecule has 0 aliphatic carbocycles. The second-order valence-electron chi connectivity index (χ2n) is 7.65. The summed E-state index contributed by atoms with van der Waals surface area (Å²) >= 11 is 0.